The zero-order chi connectivity index (χ0) is 9.94. The monoisotopic (exact) mass is 187 g/mol. The summed E-state index contributed by atoms with van der Waals surface area (Å²) in [7, 11) is 0. The average molecular weight is 187 g/mol. The molecule has 0 heterocycles. The molecule has 0 rings (SSSR count). The van der Waals surface area contributed by atoms with Crippen molar-refractivity contribution in [3.05, 3.63) is 0 Å². The van der Waals surface area contributed by atoms with Gasteiger partial charge in [0.15, 0.2) is 0 Å². The summed E-state index contributed by atoms with van der Waals surface area (Å²) in [5.41, 5.74) is 4.91. The van der Waals surface area contributed by atoms with Gasteiger partial charge >= 0.3 is 6.03 Å². The first-order chi connectivity index (χ1) is 6.27. The Morgan fingerprint density at radius 2 is 1.77 bits per heavy atom. The van der Waals surface area contributed by atoms with E-state index in [4.69, 9.17) is 5.73 Å². The quantitative estimate of drug-likeness (QED) is 0.493. The Morgan fingerprint density at radius 3 is 2.38 bits per heavy atom. The maximum atomic E-state index is 10.3. The number of amides is 2. The van der Waals surface area contributed by atoms with Crippen LogP contribution < -0.4 is 16.4 Å². The summed E-state index contributed by atoms with van der Waals surface area (Å²) in [6, 6.07) is -0.432. The van der Waals surface area contributed by atoms with Gasteiger partial charge in [0.05, 0.1) is 0 Å². The molecule has 2 amide bonds. The molecule has 0 atom stereocenters. The minimum atomic E-state index is -0.432. The molecular formula is C9H21N3O. The fraction of sp³-hybridized carbons (Fsp3) is 0.889. The number of urea groups is 1. The number of carbonyl (C=O) groups excluding carboxylic acids is 1. The van der Waals surface area contributed by atoms with Crippen molar-refractivity contribution < 1.29 is 4.79 Å². The van der Waals surface area contributed by atoms with Crippen LogP contribution in [0.3, 0.4) is 0 Å². The number of unbranched alkanes of at least 4 members (excludes halogenated alkanes) is 2. The third kappa shape index (κ3) is 11.2. The summed E-state index contributed by atoms with van der Waals surface area (Å²) in [6.45, 7) is 4.99. The zero-order valence-corrected chi connectivity index (χ0v) is 8.44. The molecule has 0 saturated heterocycles. The van der Waals surface area contributed by atoms with Crippen LogP contribution in [0.4, 0.5) is 4.79 Å². The second-order valence-corrected chi connectivity index (χ2v) is 3.10. The second-order valence-electron chi connectivity index (χ2n) is 3.10. The lowest BCUT2D eigenvalue weighted by molar-refractivity contribution is 0.248. The highest BCUT2D eigenvalue weighted by Crippen LogP contribution is 1.86. The third-order valence-corrected chi connectivity index (χ3v) is 1.79. The van der Waals surface area contributed by atoms with Crippen LogP contribution in [0.1, 0.15) is 32.6 Å². The van der Waals surface area contributed by atoms with Gasteiger partial charge in [-0.2, -0.15) is 0 Å². The topological polar surface area (TPSA) is 67.2 Å². The van der Waals surface area contributed by atoms with Gasteiger partial charge in [0, 0.05) is 6.54 Å². The highest BCUT2D eigenvalue weighted by molar-refractivity contribution is 5.71. The van der Waals surface area contributed by atoms with E-state index in [-0.39, 0.29) is 0 Å². The minimum Gasteiger partial charge on any atom is -0.352 e. The molecule has 0 radical (unpaired) electrons. The molecule has 0 spiro atoms. The summed E-state index contributed by atoms with van der Waals surface area (Å²) in [5.74, 6) is 0. The molecule has 0 aromatic heterocycles. The van der Waals surface area contributed by atoms with Gasteiger partial charge in [0.1, 0.15) is 0 Å². The third-order valence-electron chi connectivity index (χ3n) is 1.79. The van der Waals surface area contributed by atoms with Crippen LogP contribution in [-0.4, -0.2) is 25.7 Å². The molecule has 0 aromatic rings. The molecule has 78 valence electrons. The van der Waals surface area contributed by atoms with Crippen molar-refractivity contribution in [2.24, 2.45) is 5.73 Å². The molecule has 4 nitrogen and oxygen atoms in total. The van der Waals surface area contributed by atoms with Crippen LogP contribution >= 0.6 is 0 Å². The van der Waals surface area contributed by atoms with Gasteiger partial charge in [-0.05, 0) is 32.4 Å². The van der Waals surface area contributed by atoms with E-state index in [0.29, 0.717) is 6.54 Å². The van der Waals surface area contributed by atoms with Gasteiger partial charge in [0.25, 0.3) is 0 Å². The van der Waals surface area contributed by atoms with Crippen LogP contribution in [0.15, 0.2) is 0 Å². The molecule has 0 aliphatic rings. The van der Waals surface area contributed by atoms with Crippen LogP contribution in [0.2, 0.25) is 0 Å². The van der Waals surface area contributed by atoms with E-state index in [9.17, 15) is 4.79 Å². The van der Waals surface area contributed by atoms with Crippen LogP contribution in [0.25, 0.3) is 0 Å². The molecule has 0 aliphatic heterocycles. The van der Waals surface area contributed by atoms with E-state index < -0.39 is 6.03 Å². The Bertz CT molecular complexity index is 128. The van der Waals surface area contributed by atoms with Crippen molar-refractivity contribution in [1.29, 1.82) is 0 Å². The summed E-state index contributed by atoms with van der Waals surface area (Å²) in [5, 5.41) is 5.89. The number of primary amides is 1. The Hall–Kier alpha value is -0.770. The van der Waals surface area contributed by atoms with Crippen molar-refractivity contribution in [3.8, 4) is 0 Å². The fourth-order valence-electron chi connectivity index (χ4n) is 1.01. The lowest BCUT2D eigenvalue weighted by Gasteiger charge is -2.03. The Balaban J connectivity index is 2.87. The molecule has 4 N–H and O–H groups in total. The summed E-state index contributed by atoms with van der Waals surface area (Å²) < 4.78 is 0. The molecule has 0 saturated carbocycles. The SMILES string of the molecule is CCCCNCCCCNC(N)=O. The standard InChI is InChI=1S/C9H21N3O/c1-2-3-6-11-7-4-5-8-12-9(10)13/h11H,2-8H2,1H3,(H3,10,12,13). The van der Waals surface area contributed by atoms with Gasteiger partial charge in [-0.1, -0.05) is 13.3 Å². The number of nitrogens with one attached hydrogen (secondary N) is 2. The maximum absolute atomic E-state index is 10.3. The average Bonchev–Trinajstić information content (AvgIpc) is 2.09. The highest BCUT2D eigenvalue weighted by atomic mass is 16.2. The van der Waals surface area contributed by atoms with Gasteiger partial charge in [-0.25, -0.2) is 4.79 Å². The number of hydrogen-bond acceptors (Lipinski definition) is 2. The minimum absolute atomic E-state index is 0.432. The van der Waals surface area contributed by atoms with Crippen molar-refractivity contribution in [3.63, 3.8) is 0 Å². The predicted molar refractivity (Wildman–Crippen MR) is 54.6 cm³/mol. The first-order valence-electron chi connectivity index (χ1n) is 5.01. The molecule has 0 unspecified atom stereocenters. The number of nitrogens with two attached hydrogens (primary N) is 1. The molecule has 4 heteroatoms. The fourth-order valence-corrected chi connectivity index (χ4v) is 1.01. The molecule has 0 fully saturated rings. The van der Waals surface area contributed by atoms with Crippen molar-refractivity contribution in [2.75, 3.05) is 19.6 Å². The van der Waals surface area contributed by atoms with Gasteiger partial charge in [-0.15, -0.1) is 0 Å². The van der Waals surface area contributed by atoms with Gasteiger partial charge in [-0.3, -0.25) is 0 Å². The summed E-state index contributed by atoms with van der Waals surface area (Å²) in [4.78, 5) is 10.3. The van der Waals surface area contributed by atoms with E-state index in [1.165, 1.54) is 12.8 Å². The first kappa shape index (κ1) is 12.2. The van der Waals surface area contributed by atoms with Crippen LogP contribution in [0, 0.1) is 0 Å². The van der Waals surface area contributed by atoms with Gasteiger partial charge in [0.2, 0.25) is 0 Å². The van der Waals surface area contributed by atoms with Crippen molar-refractivity contribution in [1.82, 2.24) is 10.6 Å². The Morgan fingerprint density at radius 1 is 1.15 bits per heavy atom. The predicted octanol–water partition coefficient (Wildman–Crippen LogP) is 0.825. The Kier molecular flexibility index (Phi) is 8.77. The molecule has 0 aromatic carbocycles. The number of rotatable bonds is 8. The van der Waals surface area contributed by atoms with E-state index in [0.717, 1.165) is 25.9 Å². The molecule has 0 aliphatic carbocycles. The van der Waals surface area contributed by atoms with Crippen LogP contribution in [0.5, 0.6) is 0 Å². The largest absolute Gasteiger partial charge is 0.352 e. The second kappa shape index (κ2) is 9.32. The first-order valence-corrected chi connectivity index (χ1v) is 5.01. The van der Waals surface area contributed by atoms with Crippen molar-refractivity contribution in [2.45, 2.75) is 32.6 Å². The van der Waals surface area contributed by atoms with Crippen LogP contribution in [-0.2, 0) is 0 Å². The Labute approximate surface area is 80.3 Å². The lowest BCUT2D eigenvalue weighted by atomic mass is 10.3. The van der Waals surface area contributed by atoms with E-state index >= 15 is 0 Å². The lowest BCUT2D eigenvalue weighted by Crippen LogP contribution is -2.30. The number of hydrogen-bond donors (Lipinski definition) is 3. The van der Waals surface area contributed by atoms with Crippen molar-refractivity contribution >= 4 is 6.03 Å². The zero-order valence-electron chi connectivity index (χ0n) is 8.44. The van der Waals surface area contributed by atoms with E-state index in [2.05, 4.69) is 17.6 Å². The van der Waals surface area contributed by atoms with E-state index in [1.807, 2.05) is 0 Å². The number of carbonyl (C=O) groups is 1. The van der Waals surface area contributed by atoms with E-state index in [1.54, 1.807) is 0 Å². The van der Waals surface area contributed by atoms with Gasteiger partial charge < -0.3 is 16.4 Å². The maximum Gasteiger partial charge on any atom is 0.312 e. The normalized spacial score (nSPS) is 9.92. The molecule has 0 bridgehead atoms. The summed E-state index contributed by atoms with van der Waals surface area (Å²) >= 11 is 0. The summed E-state index contributed by atoms with van der Waals surface area (Å²) in [6.07, 6.45) is 4.54. The molecular weight excluding hydrogens is 166 g/mol. The molecule has 13 heavy (non-hydrogen) atoms. The smallest absolute Gasteiger partial charge is 0.312 e. The highest BCUT2D eigenvalue weighted by Gasteiger charge is 1.91.